The lowest BCUT2D eigenvalue weighted by molar-refractivity contribution is -0.367. The van der Waals surface area contributed by atoms with Crippen molar-refractivity contribution in [3.63, 3.8) is 0 Å². The molecular weight excluding hydrogens is 310 g/mol. The van der Waals surface area contributed by atoms with Crippen LogP contribution in [0.1, 0.15) is 10.8 Å². The normalized spacial score (nSPS) is 12.9. The molecule has 2 rings (SSSR count). The SMILES string of the molecule is COc1ccc(S(=O)(=O)[C@@H](C[NH3+])c2cccc(Cl)c2)cc1. The molecule has 2 aromatic rings. The molecule has 0 spiro atoms. The Hall–Kier alpha value is -1.56. The molecule has 0 saturated carbocycles. The molecule has 3 N–H and O–H groups in total. The number of ether oxygens (including phenoxy) is 1. The van der Waals surface area contributed by atoms with Crippen LogP contribution < -0.4 is 10.5 Å². The van der Waals surface area contributed by atoms with E-state index in [1.54, 1.807) is 48.5 Å². The van der Waals surface area contributed by atoms with Gasteiger partial charge in [0.1, 0.15) is 11.0 Å². The first-order valence-corrected chi connectivity index (χ1v) is 8.34. The lowest BCUT2D eigenvalue weighted by atomic mass is 10.1. The number of methoxy groups -OCH3 is 1. The molecule has 0 bridgehead atoms. The van der Waals surface area contributed by atoms with E-state index in [0.29, 0.717) is 16.3 Å². The second kappa shape index (κ2) is 6.47. The van der Waals surface area contributed by atoms with Crippen LogP contribution in [0.3, 0.4) is 0 Å². The molecule has 0 aliphatic carbocycles. The van der Waals surface area contributed by atoms with Crippen molar-refractivity contribution in [3.8, 4) is 5.75 Å². The third-order valence-corrected chi connectivity index (χ3v) is 5.67. The first-order chi connectivity index (χ1) is 9.98. The van der Waals surface area contributed by atoms with Gasteiger partial charge in [-0.25, -0.2) is 8.42 Å². The molecule has 0 aliphatic rings. The molecule has 1 atom stereocenters. The topological polar surface area (TPSA) is 71.0 Å². The van der Waals surface area contributed by atoms with Crippen molar-refractivity contribution in [2.24, 2.45) is 0 Å². The Morgan fingerprint density at radius 1 is 1.19 bits per heavy atom. The lowest BCUT2D eigenvalue weighted by Crippen LogP contribution is -2.54. The smallest absolute Gasteiger partial charge is 0.190 e. The zero-order chi connectivity index (χ0) is 15.5. The Morgan fingerprint density at radius 3 is 2.38 bits per heavy atom. The lowest BCUT2D eigenvalue weighted by Gasteiger charge is -2.15. The molecule has 0 saturated heterocycles. The van der Waals surface area contributed by atoms with E-state index in [4.69, 9.17) is 16.3 Å². The number of quaternary nitrogens is 1. The van der Waals surface area contributed by atoms with Gasteiger partial charge in [0.15, 0.2) is 9.84 Å². The number of hydrogen-bond acceptors (Lipinski definition) is 3. The summed E-state index contributed by atoms with van der Waals surface area (Å²) in [6.07, 6.45) is 0. The molecule has 4 nitrogen and oxygen atoms in total. The van der Waals surface area contributed by atoms with Crippen molar-refractivity contribution in [3.05, 3.63) is 59.1 Å². The van der Waals surface area contributed by atoms with Gasteiger partial charge in [0.2, 0.25) is 0 Å². The molecule has 6 heteroatoms. The quantitative estimate of drug-likeness (QED) is 0.914. The zero-order valence-corrected chi connectivity index (χ0v) is 13.2. The number of sulfone groups is 1. The highest BCUT2D eigenvalue weighted by molar-refractivity contribution is 7.91. The second-order valence-corrected chi connectivity index (χ2v) is 7.12. The summed E-state index contributed by atoms with van der Waals surface area (Å²) in [5.41, 5.74) is 4.42. The monoisotopic (exact) mass is 326 g/mol. The summed E-state index contributed by atoms with van der Waals surface area (Å²) in [7, 11) is -1.99. The average molecular weight is 327 g/mol. The Bertz CT molecular complexity index is 714. The summed E-state index contributed by atoms with van der Waals surface area (Å²) >= 11 is 5.95. The van der Waals surface area contributed by atoms with Gasteiger partial charge in [-0.1, -0.05) is 23.7 Å². The van der Waals surface area contributed by atoms with Crippen molar-refractivity contribution in [1.29, 1.82) is 0 Å². The van der Waals surface area contributed by atoms with Crippen LogP contribution in [0, 0.1) is 0 Å². The van der Waals surface area contributed by atoms with E-state index in [-0.39, 0.29) is 11.4 Å². The van der Waals surface area contributed by atoms with Gasteiger partial charge in [-0.3, -0.25) is 0 Å². The zero-order valence-electron chi connectivity index (χ0n) is 11.6. The van der Waals surface area contributed by atoms with E-state index < -0.39 is 15.1 Å². The summed E-state index contributed by atoms with van der Waals surface area (Å²) < 4.78 is 30.5. The summed E-state index contributed by atoms with van der Waals surface area (Å²) in [5.74, 6) is 0.614. The van der Waals surface area contributed by atoms with Gasteiger partial charge < -0.3 is 10.5 Å². The van der Waals surface area contributed by atoms with Crippen LogP contribution in [0.5, 0.6) is 5.75 Å². The van der Waals surface area contributed by atoms with Crippen molar-refractivity contribution >= 4 is 21.4 Å². The summed E-state index contributed by atoms with van der Waals surface area (Å²) in [6, 6.07) is 13.2. The van der Waals surface area contributed by atoms with Gasteiger partial charge in [-0.2, -0.15) is 0 Å². The van der Waals surface area contributed by atoms with Crippen LogP contribution in [-0.4, -0.2) is 22.1 Å². The Morgan fingerprint density at radius 2 is 1.86 bits per heavy atom. The van der Waals surface area contributed by atoms with Crippen LogP contribution in [0.4, 0.5) is 0 Å². The number of halogens is 1. The minimum absolute atomic E-state index is 0.231. The number of hydrogen-bond donors (Lipinski definition) is 1. The Labute approximate surface area is 129 Å². The largest absolute Gasteiger partial charge is 0.497 e. The molecule has 2 aromatic carbocycles. The minimum Gasteiger partial charge on any atom is -0.497 e. The predicted octanol–water partition coefficient (Wildman–Crippen LogP) is 2.11. The molecule has 112 valence electrons. The highest BCUT2D eigenvalue weighted by Crippen LogP contribution is 2.30. The molecular formula is C15H17ClNO3S+. The fourth-order valence-electron chi connectivity index (χ4n) is 2.14. The van der Waals surface area contributed by atoms with Gasteiger partial charge in [-0.15, -0.1) is 0 Å². The summed E-state index contributed by atoms with van der Waals surface area (Å²) in [5, 5.41) is -0.208. The highest BCUT2D eigenvalue weighted by atomic mass is 35.5. The van der Waals surface area contributed by atoms with Gasteiger partial charge >= 0.3 is 0 Å². The number of rotatable bonds is 5. The van der Waals surface area contributed by atoms with E-state index in [1.165, 1.54) is 7.11 Å². The standard InChI is InChI=1S/C15H16ClNO3S/c1-20-13-5-7-14(8-6-13)21(18,19)15(10-17)11-3-2-4-12(16)9-11/h2-9,15H,10,17H2,1H3/p+1/t15-/m0/s1. The van der Waals surface area contributed by atoms with E-state index in [2.05, 4.69) is 5.73 Å². The predicted molar refractivity (Wildman–Crippen MR) is 82.1 cm³/mol. The fraction of sp³-hybridized carbons (Fsp3) is 0.200. The second-order valence-electron chi connectivity index (χ2n) is 4.55. The maximum Gasteiger partial charge on any atom is 0.190 e. The first-order valence-electron chi connectivity index (χ1n) is 6.41. The minimum atomic E-state index is -3.52. The van der Waals surface area contributed by atoms with Gasteiger partial charge in [0, 0.05) is 5.02 Å². The van der Waals surface area contributed by atoms with Crippen LogP contribution >= 0.6 is 11.6 Å². The molecule has 0 aromatic heterocycles. The Kier molecular flexibility index (Phi) is 4.88. The molecule has 0 amide bonds. The highest BCUT2D eigenvalue weighted by Gasteiger charge is 2.29. The van der Waals surface area contributed by atoms with E-state index in [0.717, 1.165) is 0 Å². The van der Waals surface area contributed by atoms with Crippen molar-refractivity contribution in [1.82, 2.24) is 0 Å². The number of benzene rings is 2. The molecule has 0 unspecified atom stereocenters. The summed E-state index contributed by atoms with van der Waals surface area (Å²) in [4.78, 5) is 0.247. The molecule has 0 radical (unpaired) electrons. The van der Waals surface area contributed by atoms with Gasteiger partial charge in [-0.05, 0) is 42.0 Å². The van der Waals surface area contributed by atoms with Crippen LogP contribution in [0.15, 0.2) is 53.4 Å². The molecule has 21 heavy (non-hydrogen) atoms. The maximum absolute atomic E-state index is 12.8. The summed E-state index contributed by atoms with van der Waals surface area (Å²) in [6.45, 7) is 0.231. The third kappa shape index (κ3) is 3.37. The van der Waals surface area contributed by atoms with E-state index in [9.17, 15) is 8.42 Å². The van der Waals surface area contributed by atoms with Gasteiger partial charge in [0.25, 0.3) is 0 Å². The molecule has 0 aliphatic heterocycles. The fourth-order valence-corrected chi connectivity index (χ4v) is 4.00. The molecule has 0 heterocycles. The van der Waals surface area contributed by atoms with Crippen LogP contribution in [0.2, 0.25) is 5.02 Å². The van der Waals surface area contributed by atoms with Gasteiger partial charge in [0.05, 0.1) is 18.6 Å². The first kappa shape index (κ1) is 15.8. The average Bonchev–Trinajstić information content (AvgIpc) is 2.48. The van der Waals surface area contributed by atoms with Crippen LogP contribution in [-0.2, 0) is 9.84 Å². The van der Waals surface area contributed by atoms with Crippen molar-refractivity contribution in [2.75, 3.05) is 13.7 Å². The van der Waals surface area contributed by atoms with Crippen LogP contribution in [0.25, 0.3) is 0 Å². The van der Waals surface area contributed by atoms with Crippen molar-refractivity contribution < 1.29 is 18.9 Å². The third-order valence-electron chi connectivity index (χ3n) is 3.25. The van der Waals surface area contributed by atoms with Crippen molar-refractivity contribution in [2.45, 2.75) is 10.1 Å². The Balaban J connectivity index is 2.44. The maximum atomic E-state index is 12.8. The van der Waals surface area contributed by atoms with E-state index >= 15 is 0 Å². The molecule has 0 fully saturated rings. The van der Waals surface area contributed by atoms with E-state index in [1.807, 2.05) is 0 Å².